The zero-order chi connectivity index (χ0) is 40.5. The van der Waals surface area contributed by atoms with Crippen LogP contribution in [0.5, 0.6) is 0 Å². The Morgan fingerprint density at radius 1 is 0.857 bits per heavy atom. The fourth-order valence-electron chi connectivity index (χ4n) is 4.66. The average molecular weight is 931 g/mol. The van der Waals surface area contributed by atoms with Gasteiger partial charge in [0.25, 0.3) is 11.4 Å². The number of hydrogen-bond donors (Lipinski definition) is 3. The predicted octanol–water partition coefficient (Wildman–Crippen LogP) is 8.85. The molecular formula is C39H42Br2N6O7S2. The van der Waals surface area contributed by atoms with Crippen molar-refractivity contribution in [1.29, 1.82) is 0 Å². The molecule has 0 radical (unpaired) electrons. The molecule has 0 unspecified atom stereocenters. The van der Waals surface area contributed by atoms with E-state index in [4.69, 9.17) is 28.4 Å². The number of non-ortho nitro benzene ring substituents is 2. The Balaban J connectivity index is 0.000000313. The number of hydrogen-bond acceptors (Lipinski definition) is 11. The van der Waals surface area contributed by atoms with Crippen LogP contribution in [0, 0.1) is 20.2 Å². The highest BCUT2D eigenvalue weighted by atomic mass is 79.9. The maximum Gasteiger partial charge on any atom is 0.408 e. The molecule has 0 spiro atoms. The van der Waals surface area contributed by atoms with Crippen LogP contribution in [0.3, 0.4) is 0 Å². The normalized spacial score (nSPS) is 11.4. The summed E-state index contributed by atoms with van der Waals surface area (Å²) < 4.78 is 5.14. The second-order valence-corrected chi connectivity index (χ2v) is 14.7. The number of nitrogens with two attached hydrogens (primary N) is 2. The molecule has 5 rings (SSSR count). The van der Waals surface area contributed by atoms with Crippen molar-refractivity contribution in [2.24, 2.45) is 11.5 Å². The molecule has 4 aromatic carbocycles. The van der Waals surface area contributed by atoms with Gasteiger partial charge in [-0.25, -0.2) is 9.78 Å². The summed E-state index contributed by atoms with van der Waals surface area (Å²) in [7, 11) is 0. The maximum absolute atomic E-state index is 12.0. The summed E-state index contributed by atoms with van der Waals surface area (Å²) in [6, 6.07) is 30.8. The molecular weight excluding hydrogens is 888 g/mol. The number of nitrogens with one attached hydrogen (secondary N) is 1. The van der Waals surface area contributed by atoms with Gasteiger partial charge >= 0.3 is 6.09 Å². The molecule has 296 valence electrons. The van der Waals surface area contributed by atoms with Crippen molar-refractivity contribution in [3.63, 3.8) is 0 Å². The Labute approximate surface area is 353 Å². The largest absolute Gasteiger partial charge is 0.444 e. The lowest BCUT2D eigenvalue weighted by atomic mass is 10.0. The number of carbonyl (C=O) groups excluding carboxylic acids is 2. The Morgan fingerprint density at radius 2 is 1.34 bits per heavy atom. The molecule has 0 saturated heterocycles. The lowest BCUT2D eigenvalue weighted by molar-refractivity contribution is -0.385. The van der Waals surface area contributed by atoms with Gasteiger partial charge in [0.15, 0.2) is 5.78 Å². The zero-order valence-electron chi connectivity index (χ0n) is 30.7. The minimum Gasteiger partial charge on any atom is -0.444 e. The number of benzene rings is 4. The standard InChI is InChI=1S/C17H15N3O2S.C15H19BrN2O5.C7H7NS.BrH/c18-15(10-12-6-8-14(9-7-12)20(21)22)16-11-23-17(19-16)13-4-2-1-3-5-13;1-15(2,3)23-14(20)17-12(13(19)9-16)8-10-4-6-11(7-5-10)18(21)22;8-7(9)6-4-2-1-3-5-6;/h1-9,11,15H,10,18H2;4-7,12H,8-9H2,1-3H3,(H,17,20);1-5H,(H2,8,9);1H/t15-;12-;;/m00../s1. The third-order valence-corrected chi connectivity index (χ3v) is 9.08. The molecule has 1 amide bonds. The summed E-state index contributed by atoms with van der Waals surface area (Å²) in [5, 5.41) is 26.8. The highest BCUT2D eigenvalue weighted by molar-refractivity contribution is 9.09. The van der Waals surface area contributed by atoms with E-state index < -0.39 is 27.6 Å². The van der Waals surface area contributed by atoms with Crippen LogP contribution in [-0.4, -0.2) is 48.7 Å². The summed E-state index contributed by atoms with van der Waals surface area (Å²) in [6.45, 7) is 5.18. The number of ketones is 1. The fourth-order valence-corrected chi connectivity index (χ4v) is 6.08. The van der Waals surface area contributed by atoms with E-state index in [1.165, 1.54) is 24.3 Å². The predicted molar refractivity (Wildman–Crippen MR) is 233 cm³/mol. The second kappa shape index (κ2) is 23.2. The number of Topliss-reactive ketones (excluding diaryl/α,β-unsaturated/α-hetero) is 1. The van der Waals surface area contributed by atoms with Crippen molar-refractivity contribution < 1.29 is 24.2 Å². The first kappa shape index (κ1) is 47.2. The minimum atomic E-state index is -0.773. The fraction of sp³-hybridized carbons (Fsp3) is 0.231. The number of aromatic nitrogens is 1. The molecule has 1 aromatic heterocycles. The van der Waals surface area contributed by atoms with Gasteiger partial charge in [-0.3, -0.25) is 25.0 Å². The van der Waals surface area contributed by atoms with Crippen LogP contribution in [-0.2, 0) is 22.4 Å². The van der Waals surface area contributed by atoms with Gasteiger partial charge in [-0.05, 0) is 44.7 Å². The van der Waals surface area contributed by atoms with Gasteiger partial charge in [0.05, 0.1) is 33.0 Å². The Bertz CT molecular complexity index is 2030. The Hall–Kier alpha value is -4.94. The molecule has 0 aliphatic carbocycles. The Kier molecular flexibility index (Phi) is 19.6. The minimum absolute atomic E-state index is 0. The molecule has 1 heterocycles. The monoisotopic (exact) mass is 928 g/mol. The molecule has 0 aliphatic rings. The molecule has 0 fully saturated rings. The van der Waals surface area contributed by atoms with Gasteiger partial charge in [0, 0.05) is 40.8 Å². The van der Waals surface area contributed by atoms with Crippen LogP contribution in [0.4, 0.5) is 16.2 Å². The van der Waals surface area contributed by atoms with E-state index >= 15 is 0 Å². The smallest absolute Gasteiger partial charge is 0.408 e. The number of thiocarbonyl (C=S) groups is 1. The van der Waals surface area contributed by atoms with Crippen LogP contribution in [0.15, 0.2) is 115 Å². The van der Waals surface area contributed by atoms with Crippen LogP contribution >= 0.6 is 56.5 Å². The molecule has 0 bridgehead atoms. The van der Waals surface area contributed by atoms with E-state index in [0.717, 1.165) is 27.4 Å². The van der Waals surface area contributed by atoms with Crippen molar-refractivity contribution >= 4 is 84.7 Å². The number of rotatable bonds is 12. The van der Waals surface area contributed by atoms with E-state index in [0.29, 0.717) is 17.0 Å². The number of alkyl carbamates (subject to hydrolysis) is 1. The van der Waals surface area contributed by atoms with Crippen LogP contribution in [0.25, 0.3) is 10.6 Å². The van der Waals surface area contributed by atoms with Crippen LogP contribution in [0.2, 0.25) is 0 Å². The van der Waals surface area contributed by atoms with Crippen molar-refractivity contribution in [3.8, 4) is 10.6 Å². The van der Waals surface area contributed by atoms with E-state index in [2.05, 4.69) is 26.2 Å². The Morgan fingerprint density at radius 3 is 1.77 bits per heavy atom. The van der Waals surface area contributed by atoms with Gasteiger partial charge in [-0.1, -0.05) is 113 Å². The number of halogens is 2. The quantitative estimate of drug-likeness (QED) is 0.0466. The molecule has 2 atom stereocenters. The van der Waals surface area contributed by atoms with Gasteiger partial charge in [0.1, 0.15) is 15.6 Å². The first-order valence-corrected chi connectivity index (χ1v) is 19.1. The van der Waals surface area contributed by atoms with Gasteiger partial charge in [-0.2, -0.15) is 0 Å². The maximum atomic E-state index is 12.0. The van der Waals surface area contributed by atoms with Crippen molar-refractivity contribution in [1.82, 2.24) is 10.3 Å². The van der Waals surface area contributed by atoms with Crippen LogP contribution < -0.4 is 16.8 Å². The number of alkyl halides is 1. The van der Waals surface area contributed by atoms with Crippen molar-refractivity contribution in [2.45, 2.75) is 51.3 Å². The number of nitrogens with zero attached hydrogens (tertiary/aromatic N) is 3. The molecule has 13 nitrogen and oxygen atoms in total. The number of nitro groups is 2. The van der Waals surface area contributed by atoms with Crippen molar-refractivity contribution in [3.05, 3.63) is 157 Å². The first-order chi connectivity index (χ1) is 26.1. The van der Waals surface area contributed by atoms with Gasteiger partial charge < -0.3 is 21.5 Å². The summed E-state index contributed by atoms with van der Waals surface area (Å²) in [6.07, 6.45) is 0.135. The first-order valence-electron chi connectivity index (χ1n) is 16.7. The number of ether oxygens (including phenoxy) is 1. The summed E-state index contributed by atoms with van der Waals surface area (Å²) in [5.74, 6) is -0.214. The highest BCUT2D eigenvalue weighted by Gasteiger charge is 2.24. The molecule has 0 saturated carbocycles. The summed E-state index contributed by atoms with van der Waals surface area (Å²) >= 11 is 9.39. The number of nitro benzene ring substituents is 2. The molecule has 56 heavy (non-hydrogen) atoms. The summed E-state index contributed by atoms with van der Waals surface area (Å²) in [4.78, 5) is 49.3. The number of amides is 1. The topological polar surface area (TPSA) is 207 Å². The highest BCUT2D eigenvalue weighted by Crippen LogP contribution is 2.27. The molecule has 5 aromatic rings. The summed E-state index contributed by atoms with van der Waals surface area (Å²) in [5.41, 5.74) is 15.5. The molecule has 0 aliphatic heterocycles. The van der Waals surface area contributed by atoms with Gasteiger partial charge in [0.2, 0.25) is 0 Å². The zero-order valence-corrected chi connectivity index (χ0v) is 35.6. The van der Waals surface area contributed by atoms with Gasteiger partial charge in [-0.15, -0.1) is 28.3 Å². The average Bonchev–Trinajstić information content (AvgIpc) is 3.66. The second-order valence-electron chi connectivity index (χ2n) is 12.8. The van der Waals surface area contributed by atoms with Crippen LogP contribution in [0.1, 0.15) is 49.2 Å². The van der Waals surface area contributed by atoms with E-state index in [1.807, 2.05) is 66.0 Å². The lowest BCUT2D eigenvalue weighted by Gasteiger charge is -2.23. The number of thiazole rings is 1. The molecule has 5 N–H and O–H groups in total. The third-order valence-electron chi connectivity index (χ3n) is 7.38. The molecule has 17 heteroatoms. The lowest BCUT2D eigenvalue weighted by Crippen LogP contribution is -2.45. The number of carbonyl (C=O) groups is 2. The van der Waals surface area contributed by atoms with E-state index in [-0.39, 0.29) is 51.9 Å². The third kappa shape index (κ3) is 16.4. The van der Waals surface area contributed by atoms with E-state index in [1.54, 1.807) is 56.4 Å². The SMILES string of the molecule is Br.CC(C)(C)OC(=O)N[C@@H](Cc1ccc([N+](=O)[O-])cc1)C(=O)CBr.NC(=S)c1ccccc1.N[C@@H](Cc1ccc([N+](=O)[O-])cc1)c1csc(-c2ccccc2)n1. The van der Waals surface area contributed by atoms with Crippen molar-refractivity contribution in [2.75, 3.05) is 5.33 Å². The van der Waals surface area contributed by atoms with E-state index in [9.17, 15) is 29.8 Å².